The number of fused-ring (bicyclic) bond motifs is 1. The molecule has 0 spiro atoms. The molecule has 2 N–H and O–H groups in total. The predicted octanol–water partition coefficient (Wildman–Crippen LogP) is 3.38. The topological polar surface area (TPSA) is 85.8 Å². The van der Waals surface area contributed by atoms with Gasteiger partial charge in [-0.1, -0.05) is 24.3 Å². The Bertz CT molecular complexity index is 1260. The van der Waals surface area contributed by atoms with Gasteiger partial charge in [-0.15, -0.1) is 11.3 Å². The van der Waals surface area contributed by atoms with E-state index in [0.717, 1.165) is 61.5 Å². The van der Waals surface area contributed by atoms with E-state index in [1.54, 1.807) is 30.5 Å². The minimum atomic E-state index is -0.918. The molecule has 1 aromatic heterocycles. The zero-order valence-corrected chi connectivity index (χ0v) is 20.5. The van der Waals surface area contributed by atoms with Crippen molar-refractivity contribution in [1.29, 1.82) is 0 Å². The third kappa shape index (κ3) is 5.23. The van der Waals surface area contributed by atoms with E-state index in [0.29, 0.717) is 23.0 Å². The Balaban J connectivity index is 0.000000149. The van der Waals surface area contributed by atoms with Crippen LogP contribution >= 0.6 is 11.3 Å². The molecule has 0 unspecified atom stereocenters. The number of aromatic carboxylic acids is 1. The van der Waals surface area contributed by atoms with Crippen LogP contribution in [0.2, 0.25) is 0 Å². The van der Waals surface area contributed by atoms with Crippen LogP contribution in [0.25, 0.3) is 5.57 Å². The predicted molar refractivity (Wildman–Crippen MR) is 137 cm³/mol. The van der Waals surface area contributed by atoms with Crippen molar-refractivity contribution in [3.05, 3.63) is 93.2 Å². The summed E-state index contributed by atoms with van der Waals surface area (Å²) >= 11 is 1.42. The lowest BCUT2D eigenvalue weighted by atomic mass is 9.98. The molecule has 3 aromatic rings. The van der Waals surface area contributed by atoms with Gasteiger partial charge in [-0.2, -0.15) is 0 Å². The largest absolute Gasteiger partial charge is 0.478 e. The highest BCUT2D eigenvalue weighted by atomic mass is 32.1. The Hall–Kier alpha value is -3.40. The van der Waals surface area contributed by atoms with Crippen LogP contribution in [-0.2, 0) is 6.42 Å². The quantitative estimate of drug-likeness (QED) is 0.564. The minimum Gasteiger partial charge on any atom is -0.478 e. The van der Waals surface area contributed by atoms with Gasteiger partial charge in [0, 0.05) is 56.9 Å². The number of hydrogen-bond acceptors (Lipinski definition) is 6. The molecule has 0 bridgehead atoms. The SMILES string of the molecule is O=C(O)c1ccc2c(c1)CC=C2c1ccc(F)cc1.O=C(c1nccs1)N1CCN(C2CNC2)CC1. The smallest absolute Gasteiger partial charge is 0.335 e. The van der Waals surface area contributed by atoms with Crippen molar-refractivity contribution in [1.82, 2.24) is 20.1 Å². The van der Waals surface area contributed by atoms with Crippen LogP contribution in [0.1, 0.15) is 36.9 Å². The van der Waals surface area contributed by atoms with Crippen molar-refractivity contribution in [2.24, 2.45) is 0 Å². The Morgan fingerprint density at radius 3 is 2.42 bits per heavy atom. The van der Waals surface area contributed by atoms with E-state index in [4.69, 9.17) is 5.11 Å². The second-order valence-electron chi connectivity index (χ2n) is 8.98. The summed E-state index contributed by atoms with van der Waals surface area (Å²) in [7, 11) is 0. The lowest BCUT2D eigenvalue weighted by Crippen LogP contribution is -2.62. The highest BCUT2D eigenvalue weighted by Gasteiger charge is 2.30. The summed E-state index contributed by atoms with van der Waals surface area (Å²) in [4.78, 5) is 31.5. The second kappa shape index (κ2) is 10.7. The number of rotatable bonds is 4. The summed E-state index contributed by atoms with van der Waals surface area (Å²) in [5, 5.41) is 14.7. The number of thiazole rings is 1. The summed E-state index contributed by atoms with van der Waals surface area (Å²) in [6, 6.07) is 12.1. The van der Waals surface area contributed by atoms with Crippen LogP contribution in [0.3, 0.4) is 0 Å². The van der Waals surface area contributed by atoms with Crippen LogP contribution in [-0.4, -0.2) is 77.1 Å². The van der Waals surface area contributed by atoms with Gasteiger partial charge in [-0.25, -0.2) is 14.2 Å². The van der Waals surface area contributed by atoms with Gasteiger partial charge in [0.2, 0.25) is 0 Å². The van der Waals surface area contributed by atoms with Gasteiger partial charge in [0.1, 0.15) is 5.82 Å². The molecular formula is C27H27FN4O3S. The van der Waals surface area contributed by atoms with Crippen molar-refractivity contribution in [3.63, 3.8) is 0 Å². The molecule has 0 saturated carbocycles. The van der Waals surface area contributed by atoms with Gasteiger partial charge in [0.15, 0.2) is 5.01 Å². The molecule has 2 fully saturated rings. The highest BCUT2D eigenvalue weighted by Crippen LogP contribution is 2.33. The van der Waals surface area contributed by atoms with E-state index in [-0.39, 0.29) is 11.7 Å². The van der Waals surface area contributed by atoms with Gasteiger partial charge in [0.25, 0.3) is 5.91 Å². The molecule has 3 aliphatic rings. The third-order valence-electron chi connectivity index (χ3n) is 6.82. The van der Waals surface area contributed by atoms with E-state index in [1.165, 1.54) is 23.5 Å². The molecule has 2 aromatic carbocycles. The minimum absolute atomic E-state index is 0.0892. The number of nitrogens with one attached hydrogen (secondary N) is 1. The Morgan fingerprint density at radius 1 is 1.06 bits per heavy atom. The molecular weight excluding hydrogens is 479 g/mol. The normalized spacial score (nSPS) is 17.5. The molecule has 36 heavy (non-hydrogen) atoms. The number of nitrogens with zero attached hydrogens (tertiary/aromatic N) is 3. The van der Waals surface area contributed by atoms with E-state index >= 15 is 0 Å². The first-order chi connectivity index (χ1) is 17.5. The molecule has 2 aliphatic heterocycles. The van der Waals surface area contributed by atoms with Crippen LogP contribution < -0.4 is 5.32 Å². The van der Waals surface area contributed by atoms with Crippen molar-refractivity contribution in [2.45, 2.75) is 12.5 Å². The first-order valence-corrected chi connectivity index (χ1v) is 12.8. The van der Waals surface area contributed by atoms with Crippen molar-refractivity contribution in [2.75, 3.05) is 39.3 Å². The fraction of sp³-hybridized carbons (Fsp3) is 0.296. The van der Waals surface area contributed by atoms with E-state index in [2.05, 4.69) is 15.2 Å². The Kier molecular flexibility index (Phi) is 7.22. The number of carbonyl (C=O) groups is 2. The molecule has 0 radical (unpaired) electrons. The maximum atomic E-state index is 12.9. The average molecular weight is 507 g/mol. The van der Waals surface area contributed by atoms with Crippen LogP contribution in [0.5, 0.6) is 0 Å². The molecule has 1 amide bonds. The van der Waals surface area contributed by atoms with Crippen molar-refractivity contribution < 1.29 is 19.1 Å². The van der Waals surface area contributed by atoms with Gasteiger partial charge >= 0.3 is 5.97 Å². The number of allylic oxidation sites excluding steroid dienone is 1. The van der Waals surface area contributed by atoms with Gasteiger partial charge in [-0.05, 0) is 52.9 Å². The van der Waals surface area contributed by atoms with E-state index in [9.17, 15) is 14.0 Å². The summed E-state index contributed by atoms with van der Waals surface area (Å²) in [5.41, 5.74) is 4.30. The van der Waals surface area contributed by atoms with Crippen LogP contribution in [0.15, 0.2) is 60.1 Å². The number of halogens is 1. The lowest BCUT2D eigenvalue weighted by Gasteiger charge is -2.43. The Labute approximate surface area is 212 Å². The fourth-order valence-corrected chi connectivity index (χ4v) is 5.27. The summed E-state index contributed by atoms with van der Waals surface area (Å²) in [5.74, 6) is -1.09. The molecule has 6 rings (SSSR count). The summed E-state index contributed by atoms with van der Waals surface area (Å²) < 4.78 is 12.9. The number of carboxylic acids is 1. The van der Waals surface area contributed by atoms with E-state index < -0.39 is 5.97 Å². The van der Waals surface area contributed by atoms with Crippen LogP contribution in [0.4, 0.5) is 4.39 Å². The highest BCUT2D eigenvalue weighted by molar-refractivity contribution is 7.11. The molecule has 186 valence electrons. The number of piperazine rings is 1. The molecule has 7 nitrogen and oxygen atoms in total. The number of hydrogen-bond donors (Lipinski definition) is 2. The number of amides is 1. The first kappa shape index (κ1) is 24.3. The van der Waals surface area contributed by atoms with Crippen LogP contribution in [0, 0.1) is 5.82 Å². The number of carboxylic acid groups (broad SMARTS) is 1. The second-order valence-corrected chi connectivity index (χ2v) is 9.88. The summed E-state index contributed by atoms with van der Waals surface area (Å²) in [6.45, 7) is 5.83. The van der Waals surface area contributed by atoms with Gasteiger partial charge in [0.05, 0.1) is 5.56 Å². The zero-order valence-electron chi connectivity index (χ0n) is 19.7. The number of aromatic nitrogens is 1. The van der Waals surface area contributed by atoms with Gasteiger partial charge < -0.3 is 15.3 Å². The van der Waals surface area contributed by atoms with Gasteiger partial charge in [-0.3, -0.25) is 9.69 Å². The molecule has 1 aliphatic carbocycles. The molecule has 2 saturated heterocycles. The number of benzene rings is 2. The molecule has 3 heterocycles. The monoisotopic (exact) mass is 506 g/mol. The first-order valence-electron chi connectivity index (χ1n) is 12.0. The summed E-state index contributed by atoms with van der Waals surface area (Å²) in [6.07, 6.45) is 4.45. The zero-order chi connectivity index (χ0) is 25.1. The lowest BCUT2D eigenvalue weighted by molar-refractivity contribution is 0.0501. The van der Waals surface area contributed by atoms with E-state index in [1.807, 2.05) is 22.4 Å². The van der Waals surface area contributed by atoms with Crippen molar-refractivity contribution in [3.8, 4) is 0 Å². The fourth-order valence-electron chi connectivity index (χ4n) is 4.67. The number of carbonyl (C=O) groups excluding carboxylic acids is 1. The molecule has 0 atom stereocenters. The average Bonchev–Trinajstić information content (AvgIpc) is 3.54. The maximum absolute atomic E-state index is 12.9. The molecule has 9 heteroatoms. The maximum Gasteiger partial charge on any atom is 0.335 e. The Morgan fingerprint density at radius 2 is 1.81 bits per heavy atom. The third-order valence-corrected chi connectivity index (χ3v) is 7.58. The standard InChI is InChI=1S/C16H11FO2.C11H16N4OS/c17-13-5-1-10(2-6-13)14-7-3-11-9-12(16(18)19)4-8-15(11)14;16-11(10-13-1-6-17-10)15-4-2-14(3-5-15)9-7-12-8-9/h1-2,4-9H,3H2,(H,18,19);1,6,9,12H,2-5,7-8H2. The van der Waals surface area contributed by atoms with Crippen molar-refractivity contribution >= 4 is 28.8 Å².